The summed E-state index contributed by atoms with van der Waals surface area (Å²) in [5.41, 5.74) is 0.990. The van der Waals surface area contributed by atoms with E-state index in [0.717, 1.165) is 24.9 Å². The van der Waals surface area contributed by atoms with Gasteiger partial charge in [-0.15, -0.1) is 0 Å². The molecule has 1 aromatic carbocycles. The molecule has 2 rings (SSSR count). The SMILES string of the molecule is CCNCc1ccc(Br)c(S(=O)(=O)N2CCCC(C)C2)c1. The van der Waals surface area contributed by atoms with Crippen molar-refractivity contribution < 1.29 is 8.42 Å². The summed E-state index contributed by atoms with van der Waals surface area (Å²) < 4.78 is 28.0. The molecule has 21 heavy (non-hydrogen) atoms. The third kappa shape index (κ3) is 4.06. The number of hydrogen-bond donors (Lipinski definition) is 1. The Hall–Kier alpha value is -0.430. The van der Waals surface area contributed by atoms with Crippen LogP contribution in [-0.2, 0) is 16.6 Å². The number of piperidine rings is 1. The average molecular weight is 375 g/mol. The quantitative estimate of drug-likeness (QED) is 0.861. The third-order valence-electron chi connectivity index (χ3n) is 3.81. The van der Waals surface area contributed by atoms with Crippen LogP contribution >= 0.6 is 15.9 Å². The molecule has 1 heterocycles. The zero-order valence-electron chi connectivity index (χ0n) is 12.6. The summed E-state index contributed by atoms with van der Waals surface area (Å²) in [5, 5.41) is 3.23. The molecule has 0 saturated carbocycles. The number of nitrogens with one attached hydrogen (secondary N) is 1. The minimum atomic E-state index is -3.41. The summed E-state index contributed by atoms with van der Waals surface area (Å²) in [6.07, 6.45) is 2.04. The monoisotopic (exact) mass is 374 g/mol. The van der Waals surface area contributed by atoms with E-state index in [4.69, 9.17) is 0 Å². The second-order valence-electron chi connectivity index (χ2n) is 5.66. The second kappa shape index (κ2) is 7.22. The molecule has 1 aliphatic heterocycles. The lowest BCUT2D eigenvalue weighted by molar-refractivity contribution is 0.281. The van der Waals surface area contributed by atoms with Gasteiger partial charge in [0.2, 0.25) is 10.0 Å². The Morgan fingerprint density at radius 1 is 1.43 bits per heavy atom. The van der Waals surface area contributed by atoms with E-state index in [1.165, 1.54) is 0 Å². The van der Waals surface area contributed by atoms with Gasteiger partial charge in [0.05, 0.1) is 4.90 Å². The molecule has 0 amide bonds. The van der Waals surface area contributed by atoms with Crippen LogP contribution in [0.25, 0.3) is 0 Å². The normalized spacial score (nSPS) is 20.6. The van der Waals surface area contributed by atoms with E-state index in [1.807, 2.05) is 19.1 Å². The van der Waals surface area contributed by atoms with Crippen molar-refractivity contribution in [3.63, 3.8) is 0 Å². The molecule has 6 heteroatoms. The van der Waals surface area contributed by atoms with Gasteiger partial charge < -0.3 is 5.32 Å². The largest absolute Gasteiger partial charge is 0.313 e. The molecule has 1 aromatic rings. The molecule has 0 aliphatic carbocycles. The fourth-order valence-corrected chi connectivity index (χ4v) is 5.20. The van der Waals surface area contributed by atoms with E-state index in [1.54, 1.807) is 10.4 Å². The fourth-order valence-electron chi connectivity index (χ4n) is 2.63. The maximum absolute atomic E-state index is 12.9. The van der Waals surface area contributed by atoms with Crippen LogP contribution in [0, 0.1) is 5.92 Å². The van der Waals surface area contributed by atoms with Gasteiger partial charge in [-0.05, 0) is 58.9 Å². The van der Waals surface area contributed by atoms with Crippen molar-refractivity contribution in [2.45, 2.75) is 38.1 Å². The van der Waals surface area contributed by atoms with Gasteiger partial charge in [0.25, 0.3) is 0 Å². The van der Waals surface area contributed by atoms with Gasteiger partial charge in [0.15, 0.2) is 0 Å². The minimum absolute atomic E-state index is 0.381. The lowest BCUT2D eigenvalue weighted by Gasteiger charge is -2.30. The third-order valence-corrected chi connectivity index (χ3v) is 6.67. The molecule has 118 valence electrons. The number of hydrogen-bond acceptors (Lipinski definition) is 3. The minimum Gasteiger partial charge on any atom is -0.313 e. The number of nitrogens with zero attached hydrogens (tertiary/aromatic N) is 1. The average Bonchev–Trinajstić information content (AvgIpc) is 2.46. The molecule has 1 saturated heterocycles. The molecule has 1 unspecified atom stereocenters. The highest BCUT2D eigenvalue weighted by atomic mass is 79.9. The van der Waals surface area contributed by atoms with Crippen LogP contribution in [0.5, 0.6) is 0 Å². The predicted octanol–water partition coefficient (Wildman–Crippen LogP) is 2.98. The van der Waals surface area contributed by atoms with E-state index < -0.39 is 10.0 Å². The summed E-state index contributed by atoms with van der Waals surface area (Å²) in [4.78, 5) is 0.381. The van der Waals surface area contributed by atoms with Crippen molar-refractivity contribution in [2.75, 3.05) is 19.6 Å². The van der Waals surface area contributed by atoms with Gasteiger partial charge >= 0.3 is 0 Å². The van der Waals surface area contributed by atoms with Gasteiger partial charge in [-0.1, -0.05) is 19.9 Å². The van der Waals surface area contributed by atoms with Gasteiger partial charge in [0.1, 0.15) is 0 Å². The first-order valence-electron chi connectivity index (χ1n) is 7.44. The lowest BCUT2D eigenvalue weighted by atomic mass is 10.0. The smallest absolute Gasteiger partial charge is 0.244 e. The summed E-state index contributed by atoms with van der Waals surface area (Å²) in [6, 6.07) is 5.55. The first kappa shape index (κ1) is 16.9. The van der Waals surface area contributed by atoms with Crippen molar-refractivity contribution >= 4 is 26.0 Å². The highest BCUT2D eigenvalue weighted by Crippen LogP contribution is 2.29. The van der Waals surface area contributed by atoms with E-state index in [9.17, 15) is 8.42 Å². The van der Waals surface area contributed by atoms with Crippen LogP contribution in [0.2, 0.25) is 0 Å². The first-order chi connectivity index (χ1) is 9.95. The van der Waals surface area contributed by atoms with Crippen LogP contribution in [0.1, 0.15) is 32.3 Å². The molecular formula is C15H23BrN2O2S. The van der Waals surface area contributed by atoms with Crippen molar-refractivity contribution in [3.8, 4) is 0 Å². The van der Waals surface area contributed by atoms with Crippen molar-refractivity contribution in [1.82, 2.24) is 9.62 Å². The topological polar surface area (TPSA) is 49.4 Å². The van der Waals surface area contributed by atoms with E-state index in [2.05, 4.69) is 28.2 Å². The summed E-state index contributed by atoms with van der Waals surface area (Å²) in [6.45, 7) is 6.93. The Kier molecular flexibility index (Phi) is 5.82. The lowest BCUT2D eigenvalue weighted by Crippen LogP contribution is -2.39. The van der Waals surface area contributed by atoms with E-state index in [-0.39, 0.29) is 0 Å². The highest BCUT2D eigenvalue weighted by Gasteiger charge is 2.30. The molecule has 0 radical (unpaired) electrons. The van der Waals surface area contributed by atoms with Crippen LogP contribution in [0.3, 0.4) is 0 Å². The summed E-state index contributed by atoms with van der Waals surface area (Å²) in [7, 11) is -3.41. The van der Waals surface area contributed by atoms with Crippen LogP contribution < -0.4 is 5.32 Å². The molecule has 0 aromatic heterocycles. The van der Waals surface area contributed by atoms with E-state index >= 15 is 0 Å². The van der Waals surface area contributed by atoms with Crippen LogP contribution in [-0.4, -0.2) is 32.4 Å². The molecule has 0 spiro atoms. The Morgan fingerprint density at radius 3 is 2.86 bits per heavy atom. The van der Waals surface area contributed by atoms with Crippen molar-refractivity contribution in [3.05, 3.63) is 28.2 Å². The zero-order chi connectivity index (χ0) is 15.5. The summed E-state index contributed by atoms with van der Waals surface area (Å²) in [5.74, 6) is 0.428. The maximum atomic E-state index is 12.9. The molecule has 1 fully saturated rings. The Labute approximate surface area is 136 Å². The maximum Gasteiger partial charge on any atom is 0.244 e. The fraction of sp³-hybridized carbons (Fsp3) is 0.600. The number of rotatable bonds is 5. The van der Waals surface area contributed by atoms with Gasteiger partial charge in [0, 0.05) is 24.1 Å². The van der Waals surface area contributed by atoms with Crippen molar-refractivity contribution in [1.29, 1.82) is 0 Å². The Morgan fingerprint density at radius 2 is 2.19 bits per heavy atom. The molecule has 0 bridgehead atoms. The highest BCUT2D eigenvalue weighted by molar-refractivity contribution is 9.10. The van der Waals surface area contributed by atoms with Crippen LogP contribution in [0.15, 0.2) is 27.6 Å². The molecular weight excluding hydrogens is 352 g/mol. The summed E-state index contributed by atoms with van der Waals surface area (Å²) >= 11 is 3.39. The van der Waals surface area contributed by atoms with Crippen LogP contribution in [0.4, 0.5) is 0 Å². The number of benzene rings is 1. The van der Waals surface area contributed by atoms with Crippen molar-refractivity contribution in [2.24, 2.45) is 5.92 Å². The van der Waals surface area contributed by atoms with Gasteiger partial charge in [-0.25, -0.2) is 8.42 Å². The van der Waals surface area contributed by atoms with E-state index in [0.29, 0.717) is 34.9 Å². The van der Waals surface area contributed by atoms with Gasteiger partial charge in [-0.2, -0.15) is 4.31 Å². The number of halogens is 1. The zero-order valence-corrected chi connectivity index (χ0v) is 15.0. The Bertz CT molecular complexity index is 589. The predicted molar refractivity (Wildman–Crippen MR) is 88.7 cm³/mol. The molecule has 1 atom stereocenters. The first-order valence-corrected chi connectivity index (χ1v) is 9.67. The van der Waals surface area contributed by atoms with Gasteiger partial charge in [-0.3, -0.25) is 0 Å². The second-order valence-corrected chi connectivity index (χ2v) is 8.42. The molecule has 4 nitrogen and oxygen atoms in total. The Balaban J connectivity index is 2.30. The molecule has 1 aliphatic rings. The number of sulfonamides is 1. The molecule has 1 N–H and O–H groups in total. The standard InChI is InChI=1S/C15H23BrN2O2S/c1-3-17-10-13-6-7-14(16)15(9-13)21(19,20)18-8-4-5-12(2)11-18/h6-7,9,12,17H,3-5,8,10-11H2,1-2H3.